The van der Waals surface area contributed by atoms with Crippen LogP contribution in [0.1, 0.15) is 23.4 Å². The third kappa shape index (κ3) is 4.64. The Morgan fingerprint density at radius 1 is 1.19 bits per heavy atom. The molecule has 3 aromatic rings. The molecule has 0 unspecified atom stereocenters. The average Bonchev–Trinajstić information content (AvgIpc) is 3.19. The zero-order valence-electron chi connectivity index (χ0n) is 17.2. The van der Waals surface area contributed by atoms with Gasteiger partial charge in [-0.2, -0.15) is 0 Å². The molecule has 12 heteroatoms. The highest BCUT2D eigenvalue weighted by atomic mass is 19.3. The molecule has 0 saturated carbocycles. The van der Waals surface area contributed by atoms with E-state index in [2.05, 4.69) is 25.8 Å². The van der Waals surface area contributed by atoms with Crippen LogP contribution in [0.15, 0.2) is 36.4 Å². The molecule has 0 bridgehead atoms. The van der Waals surface area contributed by atoms with Gasteiger partial charge in [-0.05, 0) is 25.1 Å². The third-order valence-electron chi connectivity index (χ3n) is 5.03. The number of aromatic nitrogens is 5. The number of hydrogen-bond acceptors (Lipinski definition) is 9. The van der Waals surface area contributed by atoms with Crippen molar-refractivity contribution in [2.45, 2.75) is 26.2 Å². The average molecular weight is 445 g/mol. The van der Waals surface area contributed by atoms with Crippen molar-refractivity contribution in [2.24, 2.45) is 0 Å². The molecular formula is C20H21F2N7O3. The summed E-state index contributed by atoms with van der Waals surface area (Å²) in [5.41, 5.74) is 1.82. The van der Waals surface area contributed by atoms with Crippen molar-refractivity contribution >= 4 is 12.3 Å². The van der Waals surface area contributed by atoms with E-state index in [1.165, 1.54) is 16.8 Å². The predicted octanol–water partition coefficient (Wildman–Crippen LogP) is 1.79. The van der Waals surface area contributed by atoms with E-state index in [-0.39, 0.29) is 18.1 Å². The van der Waals surface area contributed by atoms with Crippen LogP contribution in [0.3, 0.4) is 0 Å². The van der Waals surface area contributed by atoms with Crippen LogP contribution < -0.4 is 15.0 Å². The number of alkyl halides is 2. The number of halogens is 2. The van der Waals surface area contributed by atoms with Crippen LogP contribution >= 0.6 is 0 Å². The summed E-state index contributed by atoms with van der Waals surface area (Å²) in [5.74, 6) is 0.852. The minimum atomic E-state index is -2.53. The van der Waals surface area contributed by atoms with E-state index in [0.717, 1.165) is 6.54 Å². The smallest absolute Gasteiger partial charge is 0.295 e. The van der Waals surface area contributed by atoms with E-state index in [4.69, 9.17) is 9.47 Å². The summed E-state index contributed by atoms with van der Waals surface area (Å²) in [4.78, 5) is 12.6. The van der Waals surface area contributed by atoms with Crippen LogP contribution in [-0.4, -0.2) is 57.5 Å². The number of benzene rings is 1. The van der Waals surface area contributed by atoms with Crippen LogP contribution in [0.4, 0.5) is 14.6 Å². The van der Waals surface area contributed by atoms with Gasteiger partial charge in [0.15, 0.2) is 12.0 Å². The lowest BCUT2D eigenvalue weighted by molar-refractivity contribution is -0.133. The van der Waals surface area contributed by atoms with Gasteiger partial charge in [-0.25, -0.2) is 13.5 Å². The minimum Gasteiger partial charge on any atom is -0.470 e. The number of anilines is 1. The monoisotopic (exact) mass is 445 g/mol. The first-order valence-electron chi connectivity index (χ1n) is 9.89. The fourth-order valence-corrected chi connectivity index (χ4v) is 3.32. The topological polar surface area (TPSA) is 107 Å². The molecule has 0 aliphatic carbocycles. The quantitative estimate of drug-likeness (QED) is 0.519. The van der Waals surface area contributed by atoms with E-state index in [1.807, 2.05) is 4.90 Å². The zero-order chi connectivity index (χ0) is 22.5. The molecule has 0 radical (unpaired) electrons. The summed E-state index contributed by atoms with van der Waals surface area (Å²) in [7, 11) is 0. The number of ether oxygens (including phenoxy) is 2. The molecule has 1 aromatic carbocycles. The number of aryl methyl sites for hydroxylation is 1. The number of rotatable bonds is 8. The Morgan fingerprint density at radius 2 is 2.00 bits per heavy atom. The highest BCUT2D eigenvalue weighted by Crippen LogP contribution is 2.22. The highest BCUT2D eigenvalue weighted by Gasteiger charge is 2.25. The van der Waals surface area contributed by atoms with E-state index in [0.29, 0.717) is 42.5 Å². The molecule has 1 aliphatic heterocycles. The van der Waals surface area contributed by atoms with Gasteiger partial charge in [0.2, 0.25) is 5.88 Å². The van der Waals surface area contributed by atoms with Gasteiger partial charge in [0.1, 0.15) is 12.3 Å². The van der Waals surface area contributed by atoms with Gasteiger partial charge in [-0.3, -0.25) is 4.79 Å². The molecule has 4 rings (SSSR count). The first-order valence-corrected chi connectivity index (χ1v) is 9.89. The summed E-state index contributed by atoms with van der Waals surface area (Å²) in [6.07, 6.45) is -2.99. The zero-order valence-corrected chi connectivity index (χ0v) is 17.2. The lowest BCUT2D eigenvalue weighted by Gasteiger charge is -2.34. The van der Waals surface area contributed by atoms with Crippen molar-refractivity contribution in [2.75, 3.05) is 24.5 Å². The van der Waals surface area contributed by atoms with Crippen LogP contribution in [0, 0.1) is 6.92 Å². The molecule has 2 aromatic heterocycles. The lowest BCUT2D eigenvalue weighted by Crippen LogP contribution is -2.53. The highest BCUT2D eigenvalue weighted by molar-refractivity contribution is 5.43. The first kappa shape index (κ1) is 21.6. The van der Waals surface area contributed by atoms with E-state index >= 15 is 0 Å². The number of carbonyl (C=O) groups is 1. The second kappa shape index (κ2) is 9.64. The lowest BCUT2D eigenvalue weighted by atomic mass is 10.2. The van der Waals surface area contributed by atoms with E-state index in [1.54, 1.807) is 31.2 Å². The van der Waals surface area contributed by atoms with Crippen LogP contribution in [0.2, 0.25) is 0 Å². The van der Waals surface area contributed by atoms with Crippen LogP contribution in [0.25, 0.3) is 5.69 Å². The standard InChI is InChI=1S/C20H21F2N7O3/c1-13-16(29(27-24-13)15-4-2-14(3-5-15)20(21)22)11-31-18-7-6-17(25-26-18)28-9-8-23-10-19(28)32-12-30/h2-7,12,19-20,23H,8-11H2,1H3/t19-/m1/s1. The molecule has 1 aliphatic rings. The number of piperazine rings is 1. The summed E-state index contributed by atoms with van der Waals surface area (Å²) in [5, 5.41) is 19.6. The molecule has 1 N–H and O–H groups in total. The van der Waals surface area contributed by atoms with Gasteiger partial charge < -0.3 is 19.7 Å². The van der Waals surface area contributed by atoms with Crippen LogP contribution in [0.5, 0.6) is 5.88 Å². The summed E-state index contributed by atoms with van der Waals surface area (Å²) < 4.78 is 38.0. The van der Waals surface area contributed by atoms with Crippen molar-refractivity contribution in [3.8, 4) is 11.6 Å². The maximum Gasteiger partial charge on any atom is 0.295 e. The van der Waals surface area contributed by atoms with E-state index in [9.17, 15) is 13.6 Å². The summed E-state index contributed by atoms with van der Waals surface area (Å²) >= 11 is 0. The van der Waals surface area contributed by atoms with Crippen LogP contribution in [-0.2, 0) is 16.1 Å². The molecule has 3 heterocycles. The van der Waals surface area contributed by atoms with E-state index < -0.39 is 12.7 Å². The molecule has 1 fully saturated rings. The molecule has 10 nitrogen and oxygen atoms in total. The van der Waals surface area contributed by atoms with Crippen molar-refractivity contribution in [3.05, 3.63) is 53.3 Å². The van der Waals surface area contributed by atoms with Gasteiger partial charge in [0.05, 0.1) is 17.9 Å². The SMILES string of the molecule is Cc1nnn(-c2ccc(C(F)F)cc2)c1COc1ccc(N2CCNC[C@H]2OC=O)nn1. The molecule has 1 atom stereocenters. The molecule has 32 heavy (non-hydrogen) atoms. The second-order valence-electron chi connectivity index (χ2n) is 7.03. The largest absolute Gasteiger partial charge is 0.470 e. The van der Waals surface area contributed by atoms with Crippen molar-refractivity contribution in [3.63, 3.8) is 0 Å². The Bertz CT molecular complexity index is 1040. The summed E-state index contributed by atoms with van der Waals surface area (Å²) in [6.45, 7) is 4.13. The number of nitrogens with zero attached hydrogens (tertiary/aromatic N) is 6. The normalized spacial score (nSPS) is 16.2. The Hall–Kier alpha value is -3.67. The second-order valence-corrected chi connectivity index (χ2v) is 7.03. The molecule has 0 amide bonds. The predicted molar refractivity (Wildman–Crippen MR) is 109 cm³/mol. The molecular weight excluding hydrogens is 424 g/mol. The fraction of sp³-hybridized carbons (Fsp3) is 0.350. The number of hydrogen-bond donors (Lipinski definition) is 1. The van der Waals surface area contributed by atoms with Crippen molar-refractivity contribution in [1.29, 1.82) is 0 Å². The van der Waals surface area contributed by atoms with Gasteiger partial charge in [0.25, 0.3) is 12.9 Å². The van der Waals surface area contributed by atoms with Gasteiger partial charge in [-0.1, -0.05) is 17.3 Å². The minimum absolute atomic E-state index is 0.0657. The van der Waals surface area contributed by atoms with Crippen molar-refractivity contribution < 1.29 is 23.0 Å². The van der Waals surface area contributed by atoms with Crippen molar-refractivity contribution in [1.82, 2.24) is 30.5 Å². The Labute approximate surface area is 182 Å². The maximum absolute atomic E-state index is 12.8. The van der Waals surface area contributed by atoms with Gasteiger partial charge >= 0.3 is 0 Å². The molecule has 168 valence electrons. The summed E-state index contributed by atoms with van der Waals surface area (Å²) in [6, 6.07) is 9.22. The fourth-order valence-electron chi connectivity index (χ4n) is 3.32. The molecule has 0 spiro atoms. The molecule has 1 saturated heterocycles. The first-order chi connectivity index (χ1) is 15.6. The Morgan fingerprint density at radius 3 is 2.69 bits per heavy atom. The van der Waals surface area contributed by atoms with Gasteiger partial charge in [0, 0.05) is 24.7 Å². The third-order valence-corrected chi connectivity index (χ3v) is 5.03. The number of nitrogens with one attached hydrogen (secondary N) is 1. The Kier molecular flexibility index (Phi) is 6.50. The Balaban J connectivity index is 1.45. The number of carbonyl (C=O) groups excluding carboxylic acids is 1. The van der Waals surface area contributed by atoms with Gasteiger partial charge in [-0.15, -0.1) is 15.3 Å². The maximum atomic E-state index is 12.8.